The standard InChI is InChI=1S/C7H16N2O6S/c1-9(4-6(10)5-14-2)16(12,13)8-7(11)15-3/h6,10H,4-5H2,1-3H3,(H,8,11). The van der Waals surface area contributed by atoms with Crippen LogP contribution in [0.1, 0.15) is 0 Å². The molecule has 0 spiro atoms. The molecule has 0 rings (SSSR count). The minimum absolute atomic E-state index is 0.00190. The van der Waals surface area contributed by atoms with Gasteiger partial charge in [0.05, 0.1) is 19.8 Å². The second-order valence-electron chi connectivity index (χ2n) is 2.99. The molecule has 0 saturated carbocycles. The zero-order valence-corrected chi connectivity index (χ0v) is 10.2. The topological polar surface area (TPSA) is 105 Å². The molecule has 16 heavy (non-hydrogen) atoms. The number of hydrogen-bond donors (Lipinski definition) is 2. The zero-order chi connectivity index (χ0) is 12.8. The van der Waals surface area contributed by atoms with E-state index in [2.05, 4.69) is 9.47 Å². The molecule has 8 nitrogen and oxygen atoms in total. The molecule has 1 unspecified atom stereocenters. The molecule has 0 aromatic rings. The number of ether oxygens (including phenoxy) is 2. The van der Waals surface area contributed by atoms with Crippen LogP contribution in [0.25, 0.3) is 0 Å². The van der Waals surface area contributed by atoms with Crippen LogP contribution in [-0.2, 0) is 19.7 Å². The van der Waals surface area contributed by atoms with Crippen molar-refractivity contribution in [2.45, 2.75) is 6.10 Å². The van der Waals surface area contributed by atoms with E-state index < -0.39 is 22.4 Å². The summed E-state index contributed by atoms with van der Waals surface area (Å²) in [5.74, 6) is 0. The van der Waals surface area contributed by atoms with Crippen LogP contribution in [0.5, 0.6) is 0 Å². The lowest BCUT2D eigenvalue weighted by molar-refractivity contribution is 0.0552. The van der Waals surface area contributed by atoms with E-state index in [1.54, 1.807) is 4.72 Å². The molecular weight excluding hydrogens is 240 g/mol. The Bertz CT molecular complexity index is 317. The molecule has 0 heterocycles. The van der Waals surface area contributed by atoms with Gasteiger partial charge in [-0.25, -0.2) is 9.52 Å². The van der Waals surface area contributed by atoms with Crippen molar-refractivity contribution in [2.24, 2.45) is 0 Å². The van der Waals surface area contributed by atoms with Crippen LogP contribution in [0.15, 0.2) is 0 Å². The largest absolute Gasteiger partial charge is 0.452 e. The van der Waals surface area contributed by atoms with E-state index in [0.717, 1.165) is 11.4 Å². The van der Waals surface area contributed by atoms with E-state index in [0.29, 0.717) is 0 Å². The predicted octanol–water partition coefficient (Wildman–Crippen LogP) is -1.47. The number of aliphatic hydroxyl groups excluding tert-OH is 1. The van der Waals surface area contributed by atoms with Crippen molar-refractivity contribution >= 4 is 16.3 Å². The van der Waals surface area contributed by atoms with Crippen molar-refractivity contribution in [3.05, 3.63) is 0 Å². The van der Waals surface area contributed by atoms with Gasteiger partial charge in [-0.05, 0) is 0 Å². The van der Waals surface area contributed by atoms with E-state index in [1.807, 2.05) is 0 Å². The molecule has 1 atom stereocenters. The number of nitrogens with one attached hydrogen (secondary N) is 1. The summed E-state index contributed by atoms with van der Waals surface area (Å²) in [6.07, 6.45) is -2.06. The maximum Gasteiger partial charge on any atom is 0.421 e. The molecule has 0 aliphatic carbocycles. The summed E-state index contributed by atoms with van der Waals surface area (Å²) in [6.45, 7) is -0.196. The summed E-state index contributed by atoms with van der Waals surface area (Å²) in [7, 11) is -0.354. The average Bonchev–Trinajstić information content (AvgIpc) is 2.17. The maximum absolute atomic E-state index is 11.4. The van der Waals surface area contributed by atoms with Gasteiger partial charge in [0.1, 0.15) is 0 Å². The Balaban J connectivity index is 4.35. The quantitative estimate of drug-likeness (QED) is 0.601. The minimum atomic E-state index is -3.99. The van der Waals surface area contributed by atoms with Crippen LogP contribution in [-0.4, -0.2) is 64.4 Å². The number of likely N-dealkylation sites (N-methyl/N-ethyl adjacent to an activating group) is 1. The molecule has 0 fully saturated rings. The number of hydrogen-bond acceptors (Lipinski definition) is 6. The van der Waals surface area contributed by atoms with Crippen molar-refractivity contribution in [1.82, 2.24) is 9.03 Å². The number of aliphatic hydroxyl groups is 1. The highest BCUT2D eigenvalue weighted by molar-refractivity contribution is 7.87. The summed E-state index contributed by atoms with van der Waals surface area (Å²) >= 11 is 0. The van der Waals surface area contributed by atoms with E-state index in [-0.39, 0.29) is 13.2 Å². The lowest BCUT2D eigenvalue weighted by atomic mass is 10.4. The minimum Gasteiger partial charge on any atom is -0.452 e. The van der Waals surface area contributed by atoms with Crippen LogP contribution >= 0.6 is 0 Å². The Morgan fingerprint density at radius 1 is 1.50 bits per heavy atom. The first-order valence-electron chi connectivity index (χ1n) is 4.32. The number of nitrogens with zero attached hydrogens (tertiary/aromatic N) is 1. The monoisotopic (exact) mass is 256 g/mol. The fraction of sp³-hybridized carbons (Fsp3) is 0.857. The summed E-state index contributed by atoms with van der Waals surface area (Å²) in [5, 5.41) is 9.30. The fourth-order valence-corrected chi connectivity index (χ4v) is 1.68. The van der Waals surface area contributed by atoms with Crippen molar-refractivity contribution in [3.63, 3.8) is 0 Å². The van der Waals surface area contributed by atoms with Crippen molar-refractivity contribution in [3.8, 4) is 0 Å². The van der Waals surface area contributed by atoms with Gasteiger partial charge < -0.3 is 14.6 Å². The van der Waals surface area contributed by atoms with Gasteiger partial charge in [-0.1, -0.05) is 0 Å². The molecule has 0 bridgehead atoms. The zero-order valence-electron chi connectivity index (χ0n) is 9.34. The molecule has 2 N–H and O–H groups in total. The van der Waals surface area contributed by atoms with Crippen LogP contribution in [0.3, 0.4) is 0 Å². The first-order valence-corrected chi connectivity index (χ1v) is 5.76. The van der Waals surface area contributed by atoms with Crippen LogP contribution in [0.2, 0.25) is 0 Å². The molecule has 96 valence electrons. The van der Waals surface area contributed by atoms with Crippen molar-refractivity contribution < 1.29 is 27.8 Å². The fourth-order valence-electron chi connectivity index (χ4n) is 0.865. The highest BCUT2D eigenvalue weighted by Crippen LogP contribution is 1.97. The first kappa shape index (κ1) is 15.1. The lowest BCUT2D eigenvalue weighted by Gasteiger charge is -2.19. The van der Waals surface area contributed by atoms with Gasteiger partial charge in [0.15, 0.2) is 0 Å². The number of rotatable bonds is 6. The molecular formula is C7H16N2O6S. The Kier molecular flexibility index (Phi) is 6.26. The SMILES string of the molecule is COCC(O)CN(C)S(=O)(=O)NC(=O)OC. The maximum atomic E-state index is 11.4. The Morgan fingerprint density at radius 3 is 2.50 bits per heavy atom. The second kappa shape index (κ2) is 6.63. The third-order valence-corrected chi connectivity index (χ3v) is 3.03. The molecule has 1 amide bonds. The third kappa shape index (κ3) is 5.26. The van der Waals surface area contributed by atoms with Gasteiger partial charge in [-0.15, -0.1) is 0 Å². The highest BCUT2D eigenvalue weighted by Gasteiger charge is 2.22. The summed E-state index contributed by atoms with van der Waals surface area (Å²) in [5.41, 5.74) is 0. The number of amides is 1. The Hall–Kier alpha value is -0.900. The summed E-state index contributed by atoms with van der Waals surface area (Å²) in [4.78, 5) is 10.7. The molecule has 0 aliphatic heterocycles. The van der Waals surface area contributed by atoms with Crippen molar-refractivity contribution in [1.29, 1.82) is 0 Å². The second-order valence-corrected chi connectivity index (χ2v) is 4.77. The highest BCUT2D eigenvalue weighted by atomic mass is 32.2. The van der Waals surface area contributed by atoms with E-state index >= 15 is 0 Å². The average molecular weight is 256 g/mol. The molecule has 0 aliphatic rings. The number of methoxy groups -OCH3 is 2. The van der Waals surface area contributed by atoms with Gasteiger partial charge in [-0.3, -0.25) is 0 Å². The van der Waals surface area contributed by atoms with E-state index in [4.69, 9.17) is 0 Å². The summed E-state index contributed by atoms with van der Waals surface area (Å²) in [6, 6.07) is 0. The van der Waals surface area contributed by atoms with Crippen LogP contribution in [0, 0.1) is 0 Å². The van der Waals surface area contributed by atoms with Crippen LogP contribution in [0.4, 0.5) is 4.79 Å². The van der Waals surface area contributed by atoms with Gasteiger partial charge in [0.2, 0.25) is 0 Å². The number of carbonyl (C=O) groups is 1. The molecule has 0 saturated heterocycles. The first-order chi connectivity index (χ1) is 7.33. The lowest BCUT2D eigenvalue weighted by Crippen LogP contribution is -2.45. The van der Waals surface area contributed by atoms with Crippen molar-refractivity contribution in [2.75, 3.05) is 34.4 Å². The molecule has 0 radical (unpaired) electrons. The van der Waals surface area contributed by atoms with Gasteiger partial charge >= 0.3 is 16.3 Å². The molecule has 0 aromatic carbocycles. The third-order valence-electron chi connectivity index (χ3n) is 1.63. The molecule has 0 aromatic heterocycles. The molecule has 9 heteroatoms. The van der Waals surface area contributed by atoms with Crippen LogP contribution < -0.4 is 4.72 Å². The van der Waals surface area contributed by atoms with Gasteiger partial charge in [0, 0.05) is 20.7 Å². The van der Waals surface area contributed by atoms with Gasteiger partial charge in [-0.2, -0.15) is 12.7 Å². The van der Waals surface area contributed by atoms with Gasteiger partial charge in [0.25, 0.3) is 0 Å². The predicted molar refractivity (Wildman–Crippen MR) is 55.0 cm³/mol. The number of carbonyl (C=O) groups excluding carboxylic acids is 1. The smallest absolute Gasteiger partial charge is 0.421 e. The Morgan fingerprint density at radius 2 is 2.06 bits per heavy atom. The van der Waals surface area contributed by atoms with E-state index in [1.165, 1.54) is 14.2 Å². The normalized spacial score (nSPS) is 13.6. The summed E-state index contributed by atoms with van der Waals surface area (Å²) < 4.78 is 34.0. The van der Waals surface area contributed by atoms with E-state index in [9.17, 15) is 18.3 Å². The Labute approximate surface area is 94.3 Å².